The predicted molar refractivity (Wildman–Crippen MR) is 72.0 cm³/mol. The Balaban J connectivity index is 2.47. The molecule has 0 spiro atoms. The molecule has 0 saturated carbocycles. The minimum absolute atomic E-state index is 0.0408. The maximum absolute atomic E-state index is 11.6. The Bertz CT molecular complexity index is 440. The van der Waals surface area contributed by atoms with Crippen molar-refractivity contribution in [3.63, 3.8) is 0 Å². The molecule has 1 aromatic rings. The molecule has 0 aliphatic carbocycles. The van der Waals surface area contributed by atoms with E-state index in [1.807, 2.05) is 0 Å². The van der Waals surface area contributed by atoms with Crippen LogP contribution in [0.5, 0.6) is 0 Å². The summed E-state index contributed by atoms with van der Waals surface area (Å²) in [5, 5.41) is 3.09. The summed E-state index contributed by atoms with van der Waals surface area (Å²) in [6.07, 6.45) is -0.864. The molecular formula is C10H10ClIN2O3. The van der Waals surface area contributed by atoms with Crippen molar-refractivity contribution in [2.24, 2.45) is 5.73 Å². The number of rotatable bonds is 4. The Morgan fingerprint density at radius 1 is 1.47 bits per heavy atom. The number of halogens is 2. The zero-order chi connectivity index (χ0) is 12.8. The van der Waals surface area contributed by atoms with E-state index in [0.29, 0.717) is 10.6 Å². The van der Waals surface area contributed by atoms with Crippen LogP contribution in [0.4, 0.5) is 4.79 Å². The number of ether oxygens (including phenoxy) is 1. The zero-order valence-electron chi connectivity index (χ0n) is 8.70. The van der Waals surface area contributed by atoms with Gasteiger partial charge in [0.15, 0.2) is 0 Å². The number of carbonyl (C=O) groups is 2. The van der Waals surface area contributed by atoms with Gasteiger partial charge in [-0.05, 0) is 40.8 Å². The second-order valence-corrected chi connectivity index (χ2v) is 4.62. The molecule has 92 valence electrons. The van der Waals surface area contributed by atoms with Gasteiger partial charge in [-0.2, -0.15) is 0 Å². The molecule has 17 heavy (non-hydrogen) atoms. The molecule has 0 bridgehead atoms. The van der Waals surface area contributed by atoms with Gasteiger partial charge in [-0.25, -0.2) is 4.79 Å². The molecule has 0 radical (unpaired) electrons. The number of nitrogens with two attached hydrogens (primary N) is 1. The first-order chi connectivity index (χ1) is 8.00. The molecule has 0 heterocycles. The normalized spacial score (nSPS) is 9.76. The minimum Gasteiger partial charge on any atom is -0.448 e. The summed E-state index contributed by atoms with van der Waals surface area (Å²) in [7, 11) is 0. The van der Waals surface area contributed by atoms with Crippen molar-refractivity contribution in [1.82, 2.24) is 5.32 Å². The first kappa shape index (κ1) is 14.0. The van der Waals surface area contributed by atoms with Gasteiger partial charge in [-0.15, -0.1) is 0 Å². The van der Waals surface area contributed by atoms with E-state index in [0.717, 1.165) is 3.57 Å². The van der Waals surface area contributed by atoms with E-state index >= 15 is 0 Å². The van der Waals surface area contributed by atoms with Crippen molar-refractivity contribution in [2.45, 2.75) is 0 Å². The molecule has 0 aliphatic rings. The molecule has 0 atom stereocenters. The third-order valence-corrected chi connectivity index (χ3v) is 3.39. The zero-order valence-corrected chi connectivity index (χ0v) is 11.6. The lowest BCUT2D eigenvalue weighted by Gasteiger charge is -2.06. The smallest absolute Gasteiger partial charge is 0.404 e. The molecule has 0 aromatic heterocycles. The average Bonchev–Trinajstić information content (AvgIpc) is 2.27. The van der Waals surface area contributed by atoms with E-state index in [4.69, 9.17) is 17.3 Å². The van der Waals surface area contributed by atoms with Crippen molar-refractivity contribution in [2.75, 3.05) is 13.2 Å². The maximum Gasteiger partial charge on any atom is 0.404 e. The van der Waals surface area contributed by atoms with Crippen molar-refractivity contribution in [3.8, 4) is 0 Å². The van der Waals surface area contributed by atoms with E-state index < -0.39 is 6.09 Å². The fourth-order valence-corrected chi connectivity index (χ4v) is 1.57. The van der Waals surface area contributed by atoms with Crippen molar-refractivity contribution < 1.29 is 14.3 Å². The molecule has 0 aliphatic heterocycles. The molecule has 3 N–H and O–H groups in total. The van der Waals surface area contributed by atoms with Gasteiger partial charge in [0.05, 0.1) is 11.6 Å². The van der Waals surface area contributed by atoms with Gasteiger partial charge < -0.3 is 15.8 Å². The lowest BCUT2D eigenvalue weighted by molar-refractivity contribution is 0.0937. The monoisotopic (exact) mass is 368 g/mol. The summed E-state index contributed by atoms with van der Waals surface area (Å²) >= 11 is 7.96. The van der Waals surface area contributed by atoms with E-state index in [1.165, 1.54) is 0 Å². The number of primary amides is 1. The SMILES string of the molecule is NC(=O)OCCNC(=O)c1ccc(I)c(Cl)c1. The van der Waals surface area contributed by atoms with Crippen molar-refractivity contribution in [1.29, 1.82) is 0 Å². The number of carbonyl (C=O) groups excluding carboxylic acids is 2. The molecular weight excluding hydrogens is 358 g/mol. The van der Waals surface area contributed by atoms with Crippen LogP contribution in [0.1, 0.15) is 10.4 Å². The highest BCUT2D eigenvalue weighted by Crippen LogP contribution is 2.19. The number of hydrogen-bond acceptors (Lipinski definition) is 3. The first-order valence-corrected chi connectivity index (χ1v) is 6.12. The van der Waals surface area contributed by atoms with Gasteiger partial charge in [0.2, 0.25) is 0 Å². The molecule has 2 amide bonds. The summed E-state index contributed by atoms with van der Waals surface area (Å²) in [5.74, 6) is -0.281. The lowest BCUT2D eigenvalue weighted by Crippen LogP contribution is -2.29. The summed E-state index contributed by atoms with van der Waals surface area (Å²) in [4.78, 5) is 21.9. The lowest BCUT2D eigenvalue weighted by atomic mass is 10.2. The molecule has 1 aromatic carbocycles. The Labute approximate surface area is 117 Å². The van der Waals surface area contributed by atoms with Gasteiger partial charge in [0.25, 0.3) is 5.91 Å². The summed E-state index contributed by atoms with van der Waals surface area (Å²) < 4.78 is 5.34. The number of amides is 2. The van der Waals surface area contributed by atoms with Crippen LogP contribution < -0.4 is 11.1 Å². The van der Waals surface area contributed by atoms with Crippen molar-refractivity contribution >= 4 is 46.2 Å². The Morgan fingerprint density at radius 2 is 2.18 bits per heavy atom. The fourth-order valence-electron chi connectivity index (χ4n) is 1.06. The average molecular weight is 369 g/mol. The highest BCUT2D eigenvalue weighted by molar-refractivity contribution is 14.1. The summed E-state index contributed by atoms with van der Waals surface area (Å²) in [5.41, 5.74) is 5.22. The van der Waals surface area contributed by atoms with E-state index in [1.54, 1.807) is 18.2 Å². The molecule has 7 heteroatoms. The fraction of sp³-hybridized carbons (Fsp3) is 0.200. The molecule has 5 nitrogen and oxygen atoms in total. The van der Waals surface area contributed by atoms with Gasteiger partial charge in [-0.3, -0.25) is 4.79 Å². The van der Waals surface area contributed by atoms with Crippen LogP contribution in [-0.4, -0.2) is 25.2 Å². The van der Waals surface area contributed by atoms with Crippen LogP contribution in [0.2, 0.25) is 5.02 Å². The van der Waals surface area contributed by atoms with Crippen LogP contribution in [0, 0.1) is 3.57 Å². The standard InChI is InChI=1S/C10H10ClIN2O3/c11-7-5-6(1-2-8(7)12)9(15)14-3-4-17-10(13)16/h1-2,5H,3-4H2,(H2,13,16)(H,14,15). The van der Waals surface area contributed by atoms with Gasteiger partial charge >= 0.3 is 6.09 Å². The Morgan fingerprint density at radius 3 is 2.76 bits per heavy atom. The topological polar surface area (TPSA) is 81.4 Å². The number of hydrogen-bond donors (Lipinski definition) is 2. The van der Waals surface area contributed by atoms with E-state index in [9.17, 15) is 9.59 Å². The number of benzene rings is 1. The molecule has 1 rings (SSSR count). The molecule has 0 unspecified atom stereocenters. The van der Waals surface area contributed by atoms with Crippen LogP contribution in [0.25, 0.3) is 0 Å². The highest BCUT2D eigenvalue weighted by atomic mass is 127. The van der Waals surface area contributed by atoms with Crippen LogP contribution >= 0.6 is 34.2 Å². The van der Waals surface area contributed by atoms with E-state index in [-0.39, 0.29) is 19.1 Å². The third kappa shape index (κ3) is 4.78. The Hall–Kier alpha value is -1.02. The Kier molecular flexibility index (Phi) is 5.49. The van der Waals surface area contributed by atoms with Gasteiger partial charge in [0.1, 0.15) is 6.61 Å². The summed E-state index contributed by atoms with van der Waals surface area (Å²) in [6, 6.07) is 4.99. The quantitative estimate of drug-likeness (QED) is 0.628. The third-order valence-electron chi connectivity index (χ3n) is 1.81. The second-order valence-electron chi connectivity index (χ2n) is 3.05. The second kappa shape index (κ2) is 6.65. The van der Waals surface area contributed by atoms with E-state index in [2.05, 4.69) is 32.6 Å². The van der Waals surface area contributed by atoms with Gasteiger partial charge in [0, 0.05) is 9.13 Å². The predicted octanol–water partition coefficient (Wildman–Crippen LogP) is 1.77. The molecule has 0 saturated heterocycles. The maximum atomic E-state index is 11.6. The minimum atomic E-state index is -0.864. The van der Waals surface area contributed by atoms with Crippen LogP contribution in [0.3, 0.4) is 0 Å². The van der Waals surface area contributed by atoms with Gasteiger partial charge in [-0.1, -0.05) is 11.6 Å². The molecule has 0 fully saturated rings. The largest absolute Gasteiger partial charge is 0.448 e. The van der Waals surface area contributed by atoms with Crippen LogP contribution in [0.15, 0.2) is 18.2 Å². The first-order valence-electron chi connectivity index (χ1n) is 4.66. The highest BCUT2D eigenvalue weighted by Gasteiger charge is 2.07. The summed E-state index contributed by atoms with van der Waals surface area (Å²) in [6.45, 7) is 0.241. The van der Waals surface area contributed by atoms with Crippen molar-refractivity contribution in [3.05, 3.63) is 32.4 Å². The number of nitrogens with one attached hydrogen (secondary N) is 1. The van der Waals surface area contributed by atoms with Crippen LogP contribution in [-0.2, 0) is 4.74 Å².